The van der Waals surface area contributed by atoms with E-state index in [2.05, 4.69) is 10.1 Å². The van der Waals surface area contributed by atoms with Crippen LogP contribution in [0.5, 0.6) is 0 Å². The molecule has 1 atom stereocenters. The van der Waals surface area contributed by atoms with Crippen molar-refractivity contribution in [3.05, 3.63) is 35.1 Å². The number of hydrogen-bond donors (Lipinski definition) is 1. The van der Waals surface area contributed by atoms with Crippen molar-refractivity contribution in [2.24, 2.45) is 0 Å². The number of methoxy groups -OCH3 is 1. The highest BCUT2D eigenvalue weighted by Crippen LogP contribution is 2.13. The van der Waals surface area contributed by atoms with Gasteiger partial charge in [0.25, 0.3) is 0 Å². The lowest BCUT2D eigenvalue weighted by atomic mass is 10.1. The van der Waals surface area contributed by atoms with Crippen molar-refractivity contribution in [3.8, 4) is 0 Å². The summed E-state index contributed by atoms with van der Waals surface area (Å²) in [6, 6.07) is 4.86. The highest BCUT2D eigenvalue weighted by atomic mass is 19.1. The first-order valence-electron chi connectivity index (χ1n) is 6.38. The first kappa shape index (κ1) is 14.0. The second kappa shape index (κ2) is 6.63. The van der Waals surface area contributed by atoms with E-state index in [1.165, 1.54) is 19.2 Å². The highest BCUT2D eigenvalue weighted by molar-refractivity contribution is 5.89. The molecule has 0 amide bonds. The Morgan fingerprint density at radius 3 is 3.05 bits per heavy atom. The Balaban J connectivity index is 1.94. The van der Waals surface area contributed by atoms with Crippen LogP contribution in [0.15, 0.2) is 18.2 Å². The molecule has 0 aliphatic carbocycles. The molecule has 1 N–H and O–H groups in total. The molecule has 1 fully saturated rings. The zero-order chi connectivity index (χ0) is 13.7. The van der Waals surface area contributed by atoms with Crippen molar-refractivity contribution in [2.75, 3.05) is 20.3 Å². The molecule has 0 spiro atoms. The first-order chi connectivity index (χ1) is 9.20. The van der Waals surface area contributed by atoms with Crippen LogP contribution in [0.2, 0.25) is 0 Å². The minimum Gasteiger partial charge on any atom is -0.465 e. The summed E-state index contributed by atoms with van der Waals surface area (Å²) in [5.41, 5.74) is 0.767. The van der Waals surface area contributed by atoms with Gasteiger partial charge in [-0.2, -0.15) is 0 Å². The SMILES string of the molecule is COC(=O)c1ccc(CNC2CCCOC2)cc1F. The van der Waals surface area contributed by atoms with E-state index in [-0.39, 0.29) is 5.56 Å². The van der Waals surface area contributed by atoms with Crippen molar-refractivity contribution >= 4 is 5.97 Å². The number of benzene rings is 1. The Hall–Kier alpha value is -1.46. The molecule has 104 valence electrons. The lowest BCUT2D eigenvalue weighted by Gasteiger charge is -2.23. The van der Waals surface area contributed by atoms with E-state index in [1.54, 1.807) is 6.07 Å². The van der Waals surface area contributed by atoms with Crippen molar-refractivity contribution in [3.63, 3.8) is 0 Å². The third-order valence-electron chi connectivity index (χ3n) is 3.19. The quantitative estimate of drug-likeness (QED) is 0.846. The van der Waals surface area contributed by atoms with E-state index in [4.69, 9.17) is 4.74 Å². The maximum Gasteiger partial charge on any atom is 0.340 e. The number of nitrogens with one attached hydrogen (secondary N) is 1. The topological polar surface area (TPSA) is 47.6 Å². The van der Waals surface area contributed by atoms with Crippen LogP contribution >= 0.6 is 0 Å². The van der Waals surface area contributed by atoms with Crippen LogP contribution in [-0.2, 0) is 16.0 Å². The molecule has 0 aromatic heterocycles. The largest absolute Gasteiger partial charge is 0.465 e. The van der Waals surface area contributed by atoms with E-state index in [0.29, 0.717) is 19.2 Å². The number of rotatable bonds is 4. The lowest BCUT2D eigenvalue weighted by Crippen LogP contribution is -2.36. The van der Waals surface area contributed by atoms with Gasteiger partial charge in [-0.3, -0.25) is 0 Å². The van der Waals surface area contributed by atoms with Gasteiger partial charge in [-0.25, -0.2) is 9.18 Å². The monoisotopic (exact) mass is 267 g/mol. The molecule has 1 unspecified atom stereocenters. The molecule has 1 aromatic rings. The van der Waals surface area contributed by atoms with Gasteiger partial charge in [0, 0.05) is 19.2 Å². The zero-order valence-corrected chi connectivity index (χ0v) is 10.9. The summed E-state index contributed by atoms with van der Waals surface area (Å²) in [5, 5.41) is 3.32. The molecule has 1 saturated heterocycles. The van der Waals surface area contributed by atoms with Gasteiger partial charge < -0.3 is 14.8 Å². The summed E-state index contributed by atoms with van der Waals surface area (Å²) < 4.78 is 23.6. The van der Waals surface area contributed by atoms with Crippen LogP contribution in [0.25, 0.3) is 0 Å². The Kier molecular flexibility index (Phi) is 4.87. The molecule has 1 aliphatic heterocycles. The maximum absolute atomic E-state index is 13.7. The molecule has 2 rings (SSSR count). The van der Waals surface area contributed by atoms with Crippen molar-refractivity contribution < 1.29 is 18.7 Å². The van der Waals surface area contributed by atoms with Crippen molar-refractivity contribution in [1.82, 2.24) is 5.32 Å². The highest BCUT2D eigenvalue weighted by Gasteiger charge is 2.15. The normalized spacial score (nSPS) is 19.2. The molecule has 1 aliphatic rings. The summed E-state index contributed by atoms with van der Waals surface area (Å²) >= 11 is 0. The summed E-state index contributed by atoms with van der Waals surface area (Å²) in [4.78, 5) is 11.3. The number of hydrogen-bond acceptors (Lipinski definition) is 4. The van der Waals surface area contributed by atoms with E-state index in [0.717, 1.165) is 25.0 Å². The lowest BCUT2D eigenvalue weighted by molar-refractivity contribution is 0.0595. The first-order valence-corrected chi connectivity index (χ1v) is 6.38. The number of esters is 1. The Bertz CT molecular complexity index is 444. The summed E-state index contributed by atoms with van der Waals surface area (Å²) in [7, 11) is 1.24. The van der Waals surface area contributed by atoms with E-state index in [1.807, 2.05) is 0 Å². The Labute approximate surface area is 111 Å². The number of halogens is 1. The Morgan fingerprint density at radius 2 is 2.42 bits per heavy atom. The molecule has 0 saturated carbocycles. The van der Waals surface area contributed by atoms with Gasteiger partial charge in [-0.05, 0) is 30.5 Å². The average molecular weight is 267 g/mol. The molecular weight excluding hydrogens is 249 g/mol. The molecule has 4 nitrogen and oxygen atoms in total. The standard InChI is InChI=1S/C14H18FNO3/c1-18-14(17)12-5-4-10(7-13(12)15)8-16-11-3-2-6-19-9-11/h4-5,7,11,16H,2-3,6,8-9H2,1H3. The fraction of sp³-hybridized carbons (Fsp3) is 0.500. The van der Waals surface area contributed by atoms with Crippen LogP contribution in [-0.4, -0.2) is 32.3 Å². The van der Waals surface area contributed by atoms with Gasteiger partial charge in [0.1, 0.15) is 5.82 Å². The average Bonchev–Trinajstić information content (AvgIpc) is 2.45. The van der Waals surface area contributed by atoms with E-state index >= 15 is 0 Å². The van der Waals surface area contributed by atoms with Crippen LogP contribution < -0.4 is 5.32 Å². The Morgan fingerprint density at radius 1 is 1.58 bits per heavy atom. The molecule has 1 heterocycles. The third kappa shape index (κ3) is 3.75. The van der Waals surface area contributed by atoms with Crippen LogP contribution in [0.4, 0.5) is 4.39 Å². The molecular formula is C14H18FNO3. The number of carbonyl (C=O) groups is 1. The van der Waals surface area contributed by atoms with Gasteiger partial charge in [-0.1, -0.05) is 6.07 Å². The van der Waals surface area contributed by atoms with E-state index in [9.17, 15) is 9.18 Å². The predicted octanol–water partition coefficient (Wildman–Crippen LogP) is 1.88. The van der Waals surface area contributed by atoms with Gasteiger partial charge >= 0.3 is 5.97 Å². The molecule has 0 radical (unpaired) electrons. The summed E-state index contributed by atoms with van der Waals surface area (Å²) in [6.07, 6.45) is 2.12. The minimum atomic E-state index is -0.655. The maximum atomic E-state index is 13.7. The molecule has 19 heavy (non-hydrogen) atoms. The summed E-state index contributed by atoms with van der Waals surface area (Å²) in [5.74, 6) is -1.20. The van der Waals surface area contributed by atoms with Gasteiger partial charge in [0.05, 0.1) is 19.3 Å². The third-order valence-corrected chi connectivity index (χ3v) is 3.19. The summed E-state index contributed by atoms with van der Waals surface area (Å²) in [6.45, 7) is 2.08. The fourth-order valence-corrected chi connectivity index (χ4v) is 2.11. The molecule has 5 heteroatoms. The predicted molar refractivity (Wildman–Crippen MR) is 68.4 cm³/mol. The molecule has 0 bridgehead atoms. The van der Waals surface area contributed by atoms with Gasteiger partial charge in [-0.15, -0.1) is 0 Å². The second-order valence-corrected chi connectivity index (χ2v) is 4.60. The minimum absolute atomic E-state index is 0.0350. The van der Waals surface area contributed by atoms with Crippen molar-refractivity contribution in [2.45, 2.75) is 25.4 Å². The van der Waals surface area contributed by atoms with Crippen LogP contribution in [0.1, 0.15) is 28.8 Å². The zero-order valence-electron chi connectivity index (χ0n) is 10.9. The van der Waals surface area contributed by atoms with Crippen molar-refractivity contribution in [1.29, 1.82) is 0 Å². The van der Waals surface area contributed by atoms with Gasteiger partial charge in [0.2, 0.25) is 0 Å². The smallest absolute Gasteiger partial charge is 0.340 e. The second-order valence-electron chi connectivity index (χ2n) is 4.60. The van der Waals surface area contributed by atoms with Crippen LogP contribution in [0, 0.1) is 5.82 Å². The van der Waals surface area contributed by atoms with E-state index < -0.39 is 11.8 Å². The number of ether oxygens (including phenoxy) is 2. The van der Waals surface area contributed by atoms with Gasteiger partial charge in [0.15, 0.2) is 0 Å². The molecule has 1 aromatic carbocycles. The fourth-order valence-electron chi connectivity index (χ4n) is 2.11. The van der Waals surface area contributed by atoms with Crippen LogP contribution in [0.3, 0.4) is 0 Å². The number of carbonyl (C=O) groups excluding carboxylic acids is 1.